The predicted octanol–water partition coefficient (Wildman–Crippen LogP) is 8.29. The van der Waals surface area contributed by atoms with Crippen LogP contribution in [0.1, 0.15) is 33.3 Å². The summed E-state index contributed by atoms with van der Waals surface area (Å²) in [6.45, 7) is 2.18. The Morgan fingerprint density at radius 1 is 0.976 bits per heavy atom. The Balaban J connectivity index is 1.37. The molecule has 1 heterocycles. The molecular weight excluding hydrogens is 629 g/mol. The normalized spacial score (nSPS) is 11.1. The standard InChI is InChI=1S/C31H22BrCl2N3O4/c1-2-40-27-15-18(7-14-26(27)41-31(39)19-8-10-20(32)11-9-19)17-35-37-30(38)29-28(22-5-3-4-6-24(22)34)23-16-21(33)12-13-25(23)36-29/h3-17,36H,2H2,1H3,(H,37,38). The van der Waals surface area contributed by atoms with Gasteiger partial charge in [0.1, 0.15) is 5.69 Å². The monoisotopic (exact) mass is 649 g/mol. The summed E-state index contributed by atoms with van der Waals surface area (Å²) >= 11 is 16.1. The summed E-state index contributed by atoms with van der Waals surface area (Å²) in [4.78, 5) is 29.0. The summed E-state index contributed by atoms with van der Waals surface area (Å²) in [7, 11) is 0. The minimum Gasteiger partial charge on any atom is -0.490 e. The molecule has 0 fully saturated rings. The average molecular weight is 651 g/mol. The molecular formula is C31H22BrCl2N3O4. The molecule has 10 heteroatoms. The molecule has 1 aromatic heterocycles. The van der Waals surface area contributed by atoms with E-state index in [0.29, 0.717) is 44.7 Å². The first-order chi connectivity index (χ1) is 19.8. The van der Waals surface area contributed by atoms with Gasteiger partial charge in [-0.15, -0.1) is 0 Å². The highest BCUT2D eigenvalue weighted by Crippen LogP contribution is 2.37. The molecule has 0 aliphatic carbocycles. The number of fused-ring (bicyclic) bond motifs is 1. The van der Waals surface area contributed by atoms with Crippen molar-refractivity contribution in [3.8, 4) is 22.6 Å². The van der Waals surface area contributed by atoms with Crippen molar-refractivity contribution < 1.29 is 19.1 Å². The Kier molecular flexibility index (Phi) is 8.73. The van der Waals surface area contributed by atoms with Gasteiger partial charge in [0.15, 0.2) is 11.5 Å². The smallest absolute Gasteiger partial charge is 0.343 e. The maximum absolute atomic E-state index is 13.3. The minimum atomic E-state index is -0.513. The second-order valence-corrected chi connectivity index (χ2v) is 10.5. The molecule has 0 aliphatic heterocycles. The third kappa shape index (κ3) is 6.46. The van der Waals surface area contributed by atoms with Crippen LogP contribution in [0.15, 0.2) is 94.5 Å². The number of nitrogens with one attached hydrogen (secondary N) is 2. The summed E-state index contributed by atoms with van der Waals surface area (Å²) < 4.78 is 12.1. The summed E-state index contributed by atoms with van der Waals surface area (Å²) in [6, 6.07) is 24.4. The van der Waals surface area contributed by atoms with E-state index in [9.17, 15) is 9.59 Å². The number of hydrogen-bond donors (Lipinski definition) is 2. The fourth-order valence-electron chi connectivity index (χ4n) is 4.20. The van der Waals surface area contributed by atoms with Crippen molar-refractivity contribution >= 4 is 68.1 Å². The van der Waals surface area contributed by atoms with Gasteiger partial charge in [-0.05, 0) is 79.2 Å². The summed E-state index contributed by atoms with van der Waals surface area (Å²) in [6.07, 6.45) is 1.47. The Hall–Kier alpha value is -4.11. The van der Waals surface area contributed by atoms with Crippen molar-refractivity contribution in [2.75, 3.05) is 6.61 Å². The van der Waals surface area contributed by atoms with E-state index < -0.39 is 11.9 Å². The zero-order valence-corrected chi connectivity index (χ0v) is 24.7. The molecule has 0 unspecified atom stereocenters. The zero-order chi connectivity index (χ0) is 28.9. The average Bonchev–Trinajstić information content (AvgIpc) is 3.33. The van der Waals surface area contributed by atoms with E-state index in [4.69, 9.17) is 32.7 Å². The van der Waals surface area contributed by atoms with Gasteiger partial charge >= 0.3 is 5.97 Å². The molecule has 206 valence electrons. The van der Waals surface area contributed by atoms with Gasteiger partial charge in [0.05, 0.1) is 18.4 Å². The van der Waals surface area contributed by atoms with Crippen LogP contribution in [0, 0.1) is 0 Å². The molecule has 41 heavy (non-hydrogen) atoms. The molecule has 0 radical (unpaired) electrons. The van der Waals surface area contributed by atoms with Crippen molar-refractivity contribution in [2.45, 2.75) is 6.92 Å². The molecule has 0 spiro atoms. The molecule has 0 atom stereocenters. The van der Waals surface area contributed by atoms with Crippen molar-refractivity contribution in [1.29, 1.82) is 0 Å². The first-order valence-electron chi connectivity index (χ1n) is 12.5. The SMILES string of the molecule is CCOc1cc(C=NNC(=O)c2[nH]c3ccc(Cl)cc3c2-c2ccccc2Cl)ccc1OC(=O)c1ccc(Br)cc1. The van der Waals surface area contributed by atoms with Crippen molar-refractivity contribution in [1.82, 2.24) is 10.4 Å². The number of ether oxygens (including phenoxy) is 2. The van der Waals surface area contributed by atoms with E-state index in [1.54, 1.807) is 66.7 Å². The number of rotatable bonds is 8. The van der Waals surface area contributed by atoms with Crippen molar-refractivity contribution in [3.63, 3.8) is 0 Å². The number of amides is 1. The lowest BCUT2D eigenvalue weighted by Crippen LogP contribution is -2.19. The number of esters is 1. The minimum absolute atomic E-state index is 0.266. The van der Waals surface area contributed by atoms with Gasteiger partial charge in [-0.2, -0.15) is 5.10 Å². The van der Waals surface area contributed by atoms with Gasteiger partial charge in [-0.25, -0.2) is 10.2 Å². The van der Waals surface area contributed by atoms with Gasteiger partial charge in [0.2, 0.25) is 0 Å². The molecule has 0 bridgehead atoms. The van der Waals surface area contributed by atoms with Gasteiger partial charge < -0.3 is 14.5 Å². The van der Waals surface area contributed by atoms with Crippen LogP contribution < -0.4 is 14.9 Å². The topological polar surface area (TPSA) is 92.8 Å². The van der Waals surface area contributed by atoms with Crippen LogP contribution in [0.4, 0.5) is 0 Å². The first-order valence-corrected chi connectivity index (χ1v) is 14.0. The summed E-state index contributed by atoms with van der Waals surface area (Å²) in [5, 5.41) is 5.93. The maximum atomic E-state index is 13.3. The number of nitrogens with zero attached hydrogens (tertiary/aromatic N) is 1. The number of hydrogen-bond acceptors (Lipinski definition) is 5. The van der Waals surface area contributed by atoms with Gasteiger partial charge in [-0.1, -0.05) is 57.3 Å². The van der Waals surface area contributed by atoms with Gasteiger partial charge in [0, 0.05) is 36.5 Å². The van der Waals surface area contributed by atoms with Gasteiger partial charge in [0.25, 0.3) is 5.91 Å². The molecule has 4 aromatic carbocycles. The van der Waals surface area contributed by atoms with E-state index in [1.807, 2.05) is 25.1 Å². The van der Waals surface area contributed by atoms with Crippen LogP contribution in [0.5, 0.6) is 11.5 Å². The number of aromatic nitrogens is 1. The molecule has 1 amide bonds. The fraction of sp³-hybridized carbons (Fsp3) is 0.0645. The van der Waals surface area contributed by atoms with Gasteiger partial charge in [-0.3, -0.25) is 4.79 Å². The Morgan fingerprint density at radius 3 is 2.51 bits per heavy atom. The zero-order valence-electron chi connectivity index (χ0n) is 21.6. The number of H-pyrrole nitrogens is 1. The number of benzene rings is 4. The highest BCUT2D eigenvalue weighted by Gasteiger charge is 2.21. The third-order valence-corrected chi connectivity index (χ3v) is 7.15. The number of halogens is 3. The van der Waals surface area contributed by atoms with E-state index in [0.717, 1.165) is 15.4 Å². The Morgan fingerprint density at radius 2 is 1.76 bits per heavy atom. The summed E-state index contributed by atoms with van der Waals surface area (Å²) in [5.74, 6) is -0.349. The second-order valence-electron chi connectivity index (χ2n) is 8.78. The quantitative estimate of drug-likeness (QED) is 0.0765. The molecule has 5 rings (SSSR count). The first kappa shape index (κ1) is 28.4. The van der Waals surface area contributed by atoms with E-state index in [1.165, 1.54) is 6.21 Å². The largest absolute Gasteiger partial charge is 0.490 e. The summed E-state index contributed by atoms with van der Waals surface area (Å²) in [5.41, 5.74) is 5.92. The highest BCUT2D eigenvalue weighted by atomic mass is 79.9. The molecule has 5 aromatic rings. The van der Waals surface area contributed by atoms with Crippen LogP contribution in [0.25, 0.3) is 22.0 Å². The lowest BCUT2D eigenvalue weighted by Gasteiger charge is -2.11. The van der Waals surface area contributed by atoms with E-state index >= 15 is 0 Å². The van der Waals surface area contributed by atoms with Crippen LogP contribution in [0.2, 0.25) is 10.0 Å². The predicted molar refractivity (Wildman–Crippen MR) is 166 cm³/mol. The molecule has 7 nitrogen and oxygen atoms in total. The third-order valence-electron chi connectivity index (χ3n) is 6.06. The van der Waals surface area contributed by atoms with Crippen LogP contribution in [-0.2, 0) is 0 Å². The number of aromatic amines is 1. The molecule has 0 saturated carbocycles. The lowest BCUT2D eigenvalue weighted by atomic mass is 10.0. The van der Waals surface area contributed by atoms with Crippen LogP contribution in [-0.4, -0.2) is 29.7 Å². The fourth-order valence-corrected chi connectivity index (χ4v) is 4.87. The van der Waals surface area contributed by atoms with Crippen LogP contribution >= 0.6 is 39.1 Å². The molecule has 2 N–H and O–H groups in total. The van der Waals surface area contributed by atoms with Crippen molar-refractivity contribution in [3.05, 3.63) is 116 Å². The highest BCUT2D eigenvalue weighted by molar-refractivity contribution is 9.10. The maximum Gasteiger partial charge on any atom is 0.343 e. The second kappa shape index (κ2) is 12.6. The Bertz CT molecular complexity index is 1780. The molecule has 0 saturated heterocycles. The van der Waals surface area contributed by atoms with Crippen molar-refractivity contribution in [2.24, 2.45) is 5.10 Å². The van der Waals surface area contributed by atoms with E-state index in [-0.39, 0.29) is 11.4 Å². The number of hydrazone groups is 1. The lowest BCUT2D eigenvalue weighted by molar-refractivity contribution is 0.0728. The van der Waals surface area contributed by atoms with Crippen LogP contribution in [0.3, 0.4) is 0 Å². The molecule has 0 aliphatic rings. The van der Waals surface area contributed by atoms with E-state index in [2.05, 4.69) is 31.4 Å². The Labute approximate surface area is 254 Å². The number of carbonyl (C=O) groups is 2. The number of carbonyl (C=O) groups excluding carboxylic acids is 2.